The molecule has 0 aliphatic rings. The van der Waals surface area contributed by atoms with Gasteiger partial charge in [-0.05, 0) is 55.3 Å². The van der Waals surface area contributed by atoms with Gasteiger partial charge in [0.25, 0.3) is 0 Å². The molecule has 0 radical (unpaired) electrons. The van der Waals surface area contributed by atoms with E-state index in [2.05, 4.69) is 57.6 Å². The van der Waals surface area contributed by atoms with Crippen LogP contribution in [0, 0.1) is 0 Å². The van der Waals surface area contributed by atoms with Gasteiger partial charge in [-0.25, -0.2) is 0 Å². The zero-order valence-electron chi connectivity index (χ0n) is 10.9. The second kappa shape index (κ2) is 7.09. The van der Waals surface area contributed by atoms with Crippen molar-refractivity contribution >= 4 is 27.5 Å². The van der Waals surface area contributed by atoms with Gasteiger partial charge in [0.2, 0.25) is 0 Å². The maximum Gasteiger partial charge on any atom is 0.0406 e. The molecule has 0 fully saturated rings. The van der Waals surface area contributed by atoms with Gasteiger partial charge < -0.3 is 5.32 Å². The molecule has 3 heteroatoms. The van der Waals surface area contributed by atoms with Crippen LogP contribution in [-0.4, -0.2) is 13.1 Å². The zero-order chi connectivity index (χ0) is 13.7. The van der Waals surface area contributed by atoms with Crippen LogP contribution in [0.4, 0.5) is 0 Å². The lowest BCUT2D eigenvalue weighted by atomic mass is 9.99. The Hall–Kier alpha value is -0.830. The minimum atomic E-state index is 0.426. The van der Waals surface area contributed by atoms with E-state index < -0.39 is 0 Å². The van der Waals surface area contributed by atoms with Gasteiger partial charge >= 0.3 is 0 Å². The third kappa shape index (κ3) is 4.64. The highest BCUT2D eigenvalue weighted by Crippen LogP contribution is 2.16. The van der Waals surface area contributed by atoms with Gasteiger partial charge in [-0.1, -0.05) is 51.8 Å². The molecule has 1 N–H and O–H groups in total. The SMILES string of the molecule is CNC(Cc1ccc(Cl)cc1)Cc1cccc(Br)c1. The van der Waals surface area contributed by atoms with Crippen molar-refractivity contribution in [3.8, 4) is 0 Å². The summed E-state index contributed by atoms with van der Waals surface area (Å²) in [4.78, 5) is 0. The lowest BCUT2D eigenvalue weighted by molar-refractivity contribution is 0.556. The number of halogens is 2. The summed E-state index contributed by atoms with van der Waals surface area (Å²) in [5.41, 5.74) is 2.64. The third-order valence-corrected chi connectivity index (χ3v) is 3.92. The molecule has 0 spiro atoms. The Morgan fingerprint density at radius 3 is 2.37 bits per heavy atom. The fourth-order valence-electron chi connectivity index (χ4n) is 2.13. The van der Waals surface area contributed by atoms with E-state index in [-0.39, 0.29) is 0 Å². The second-order valence-corrected chi connectivity index (χ2v) is 6.00. The lowest BCUT2D eigenvalue weighted by Crippen LogP contribution is -2.29. The minimum absolute atomic E-state index is 0.426. The quantitative estimate of drug-likeness (QED) is 0.848. The van der Waals surface area contributed by atoms with Crippen LogP contribution in [0.5, 0.6) is 0 Å². The normalized spacial score (nSPS) is 12.4. The van der Waals surface area contributed by atoms with Gasteiger partial charge in [0.15, 0.2) is 0 Å². The van der Waals surface area contributed by atoms with E-state index in [4.69, 9.17) is 11.6 Å². The highest BCUT2D eigenvalue weighted by molar-refractivity contribution is 9.10. The predicted molar refractivity (Wildman–Crippen MR) is 85.8 cm³/mol. The number of nitrogens with one attached hydrogen (secondary N) is 1. The Morgan fingerprint density at radius 2 is 1.74 bits per heavy atom. The van der Waals surface area contributed by atoms with Crippen LogP contribution < -0.4 is 5.32 Å². The summed E-state index contributed by atoms with van der Waals surface area (Å²) in [5.74, 6) is 0. The average molecular weight is 339 g/mol. The third-order valence-electron chi connectivity index (χ3n) is 3.17. The number of hydrogen-bond acceptors (Lipinski definition) is 1. The molecular weight excluding hydrogens is 322 g/mol. The zero-order valence-corrected chi connectivity index (χ0v) is 13.2. The molecule has 0 bridgehead atoms. The van der Waals surface area contributed by atoms with Crippen molar-refractivity contribution in [2.24, 2.45) is 0 Å². The summed E-state index contributed by atoms with van der Waals surface area (Å²) < 4.78 is 1.13. The van der Waals surface area contributed by atoms with E-state index in [1.54, 1.807) is 0 Å². The molecule has 0 aliphatic heterocycles. The first-order valence-corrected chi connectivity index (χ1v) is 7.50. The van der Waals surface area contributed by atoms with Gasteiger partial charge in [0.05, 0.1) is 0 Å². The maximum atomic E-state index is 5.91. The summed E-state index contributed by atoms with van der Waals surface area (Å²) in [7, 11) is 2.01. The van der Waals surface area contributed by atoms with Gasteiger partial charge in [0, 0.05) is 15.5 Å². The summed E-state index contributed by atoms with van der Waals surface area (Å²) in [5, 5.41) is 4.17. The Kier molecular flexibility index (Phi) is 5.44. The van der Waals surface area contributed by atoms with Crippen LogP contribution in [0.25, 0.3) is 0 Å². The van der Waals surface area contributed by atoms with Crippen LogP contribution in [-0.2, 0) is 12.8 Å². The van der Waals surface area contributed by atoms with Crippen LogP contribution in [0.15, 0.2) is 53.0 Å². The van der Waals surface area contributed by atoms with Crippen molar-refractivity contribution < 1.29 is 0 Å². The molecule has 1 nitrogen and oxygen atoms in total. The van der Waals surface area contributed by atoms with Gasteiger partial charge in [-0.15, -0.1) is 0 Å². The highest BCUT2D eigenvalue weighted by atomic mass is 79.9. The largest absolute Gasteiger partial charge is 0.316 e. The minimum Gasteiger partial charge on any atom is -0.316 e. The van der Waals surface area contributed by atoms with E-state index >= 15 is 0 Å². The molecule has 0 saturated heterocycles. The lowest BCUT2D eigenvalue weighted by Gasteiger charge is -2.16. The first-order valence-electron chi connectivity index (χ1n) is 6.33. The summed E-state index contributed by atoms with van der Waals surface area (Å²) in [6.45, 7) is 0. The van der Waals surface area contributed by atoms with Crippen LogP contribution in [0.3, 0.4) is 0 Å². The molecule has 0 amide bonds. The van der Waals surface area contributed by atoms with E-state index in [0.29, 0.717) is 6.04 Å². The summed E-state index contributed by atoms with van der Waals surface area (Å²) in [6.07, 6.45) is 2.01. The van der Waals surface area contributed by atoms with Crippen molar-refractivity contribution in [3.63, 3.8) is 0 Å². The van der Waals surface area contributed by atoms with Crippen molar-refractivity contribution in [1.29, 1.82) is 0 Å². The first-order chi connectivity index (χ1) is 9.17. The fraction of sp³-hybridized carbons (Fsp3) is 0.250. The van der Waals surface area contributed by atoms with E-state index in [1.165, 1.54) is 11.1 Å². The number of benzene rings is 2. The monoisotopic (exact) mass is 337 g/mol. The van der Waals surface area contributed by atoms with E-state index in [0.717, 1.165) is 22.3 Å². The Balaban J connectivity index is 2.02. The molecule has 0 aliphatic carbocycles. The molecule has 2 aromatic rings. The number of rotatable bonds is 5. The van der Waals surface area contributed by atoms with Gasteiger partial charge in [-0.2, -0.15) is 0 Å². The van der Waals surface area contributed by atoms with Gasteiger partial charge in [-0.3, -0.25) is 0 Å². The average Bonchev–Trinajstić information content (AvgIpc) is 2.40. The molecule has 1 unspecified atom stereocenters. The molecule has 1 atom stereocenters. The summed E-state index contributed by atoms with van der Waals surface area (Å²) in [6, 6.07) is 17.0. The van der Waals surface area contributed by atoms with E-state index in [1.807, 2.05) is 19.2 Å². The topological polar surface area (TPSA) is 12.0 Å². The highest BCUT2D eigenvalue weighted by Gasteiger charge is 2.08. The molecule has 100 valence electrons. The number of likely N-dealkylation sites (N-methyl/N-ethyl adjacent to an activating group) is 1. The van der Waals surface area contributed by atoms with E-state index in [9.17, 15) is 0 Å². The first kappa shape index (κ1) is 14.6. The molecule has 19 heavy (non-hydrogen) atoms. The smallest absolute Gasteiger partial charge is 0.0406 e. The van der Waals surface area contributed by atoms with Crippen molar-refractivity contribution in [1.82, 2.24) is 5.32 Å². The molecular formula is C16H17BrClN. The maximum absolute atomic E-state index is 5.91. The number of hydrogen-bond donors (Lipinski definition) is 1. The van der Waals surface area contributed by atoms with Crippen molar-refractivity contribution in [3.05, 3.63) is 69.2 Å². The predicted octanol–water partition coefficient (Wildman–Crippen LogP) is 4.48. The molecule has 2 aromatic carbocycles. The molecule has 0 aromatic heterocycles. The van der Waals surface area contributed by atoms with Crippen LogP contribution in [0.1, 0.15) is 11.1 Å². The summed E-state index contributed by atoms with van der Waals surface area (Å²) >= 11 is 9.42. The molecule has 0 saturated carbocycles. The second-order valence-electron chi connectivity index (χ2n) is 4.65. The van der Waals surface area contributed by atoms with Crippen molar-refractivity contribution in [2.75, 3.05) is 7.05 Å². The standard InChI is InChI=1S/C16H17BrClN/c1-19-16(10-12-5-7-15(18)8-6-12)11-13-3-2-4-14(17)9-13/h2-9,16,19H,10-11H2,1H3. The fourth-order valence-corrected chi connectivity index (χ4v) is 2.70. The van der Waals surface area contributed by atoms with Crippen LogP contribution >= 0.6 is 27.5 Å². The Bertz CT molecular complexity index is 525. The Morgan fingerprint density at radius 1 is 1.05 bits per heavy atom. The van der Waals surface area contributed by atoms with Crippen molar-refractivity contribution in [2.45, 2.75) is 18.9 Å². The van der Waals surface area contributed by atoms with Gasteiger partial charge in [0.1, 0.15) is 0 Å². The Labute approximate surface area is 128 Å². The molecule has 0 heterocycles. The molecule has 2 rings (SSSR count). The van der Waals surface area contributed by atoms with Crippen LogP contribution in [0.2, 0.25) is 5.02 Å².